The third kappa shape index (κ3) is 2.01. The average molecular weight is 219 g/mol. The molecular formula is C12H13NO3. The molecule has 0 fully saturated rings. The molecule has 2 unspecified atom stereocenters. The molecule has 1 aliphatic rings. The minimum atomic E-state index is -1.04. The second-order valence-electron chi connectivity index (χ2n) is 3.84. The van der Waals surface area contributed by atoms with Crippen LogP contribution in [0.4, 0.5) is 0 Å². The second-order valence-corrected chi connectivity index (χ2v) is 3.84. The first-order valence-electron chi connectivity index (χ1n) is 5.21. The van der Waals surface area contributed by atoms with Gasteiger partial charge in [-0.2, -0.15) is 5.26 Å². The van der Waals surface area contributed by atoms with Gasteiger partial charge in [-0.25, -0.2) is 0 Å². The fourth-order valence-corrected chi connectivity index (χ4v) is 1.82. The molecule has 0 saturated carbocycles. The van der Waals surface area contributed by atoms with Crippen LogP contribution in [0.15, 0.2) is 18.2 Å². The van der Waals surface area contributed by atoms with Gasteiger partial charge in [0.2, 0.25) is 0 Å². The van der Waals surface area contributed by atoms with E-state index in [0.29, 0.717) is 12.2 Å². The highest BCUT2D eigenvalue weighted by atomic mass is 16.5. The molecule has 2 atom stereocenters. The van der Waals surface area contributed by atoms with Crippen molar-refractivity contribution in [1.82, 2.24) is 0 Å². The lowest BCUT2D eigenvalue weighted by molar-refractivity contribution is 0.0216. The highest BCUT2D eigenvalue weighted by molar-refractivity contribution is 5.40. The zero-order chi connectivity index (χ0) is 11.5. The molecular weight excluding hydrogens is 206 g/mol. The molecule has 4 heteroatoms. The molecule has 2 N–H and O–H groups in total. The lowest BCUT2D eigenvalue weighted by Crippen LogP contribution is -2.17. The number of hydrogen-bond donors (Lipinski definition) is 2. The zero-order valence-electron chi connectivity index (χ0n) is 8.76. The number of nitrogens with zero attached hydrogens (tertiary/aromatic N) is 1. The Morgan fingerprint density at radius 2 is 2.25 bits per heavy atom. The summed E-state index contributed by atoms with van der Waals surface area (Å²) in [5.41, 5.74) is 1.67. The molecule has 0 saturated heterocycles. The molecule has 0 amide bonds. The summed E-state index contributed by atoms with van der Waals surface area (Å²) in [5, 5.41) is 27.8. The third-order valence-electron chi connectivity index (χ3n) is 2.72. The van der Waals surface area contributed by atoms with Gasteiger partial charge in [0.05, 0.1) is 25.2 Å². The van der Waals surface area contributed by atoms with E-state index in [1.54, 1.807) is 12.1 Å². The summed E-state index contributed by atoms with van der Waals surface area (Å²) in [6.07, 6.45) is -1.30. The number of rotatable bonds is 3. The van der Waals surface area contributed by atoms with Gasteiger partial charge in [0.25, 0.3) is 0 Å². The van der Waals surface area contributed by atoms with Crippen molar-refractivity contribution in [2.75, 3.05) is 6.61 Å². The van der Waals surface area contributed by atoms with Crippen LogP contribution in [0.3, 0.4) is 0 Å². The van der Waals surface area contributed by atoms with Crippen LogP contribution < -0.4 is 4.74 Å². The molecule has 1 aliphatic heterocycles. The first-order chi connectivity index (χ1) is 7.72. The normalized spacial score (nSPS) is 17.1. The van der Waals surface area contributed by atoms with Gasteiger partial charge in [0.15, 0.2) is 0 Å². The van der Waals surface area contributed by atoms with Crippen LogP contribution >= 0.6 is 0 Å². The fourth-order valence-electron chi connectivity index (χ4n) is 1.82. The predicted molar refractivity (Wildman–Crippen MR) is 56.8 cm³/mol. The number of ether oxygens (including phenoxy) is 1. The third-order valence-corrected chi connectivity index (χ3v) is 2.72. The average Bonchev–Trinajstić information content (AvgIpc) is 2.75. The van der Waals surface area contributed by atoms with Crippen molar-refractivity contribution in [3.63, 3.8) is 0 Å². The van der Waals surface area contributed by atoms with Crippen molar-refractivity contribution < 1.29 is 14.9 Å². The summed E-state index contributed by atoms with van der Waals surface area (Å²) in [7, 11) is 0. The van der Waals surface area contributed by atoms with Crippen molar-refractivity contribution in [3.05, 3.63) is 29.3 Å². The molecule has 0 spiro atoms. The Morgan fingerprint density at radius 1 is 1.44 bits per heavy atom. The predicted octanol–water partition coefficient (Wildman–Crippen LogP) is 0.929. The zero-order valence-corrected chi connectivity index (χ0v) is 8.76. The summed E-state index contributed by atoms with van der Waals surface area (Å²) in [6, 6.07) is 7.17. The van der Waals surface area contributed by atoms with Gasteiger partial charge < -0.3 is 14.9 Å². The van der Waals surface area contributed by atoms with E-state index in [0.717, 1.165) is 17.7 Å². The molecule has 1 heterocycles. The molecule has 0 aromatic heterocycles. The Bertz CT molecular complexity index is 425. The molecule has 1 aromatic rings. The minimum Gasteiger partial charge on any atom is -0.493 e. The SMILES string of the molecule is N#CCC(O)C(O)c1ccc2c(c1)CCO2. The van der Waals surface area contributed by atoms with Crippen molar-refractivity contribution in [1.29, 1.82) is 5.26 Å². The molecule has 84 valence electrons. The van der Waals surface area contributed by atoms with E-state index >= 15 is 0 Å². The van der Waals surface area contributed by atoms with Gasteiger partial charge in [0.1, 0.15) is 11.9 Å². The summed E-state index contributed by atoms with van der Waals surface area (Å²) in [5.74, 6) is 0.839. The summed E-state index contributed by atoms with van der Waals surface area (Å²) in [4.78, 5) is 0. The van der Waals surface area contributed by atoms with Crippen LogP contribution in [0.5, 0.6) is 5.75 Å². The van der Waals surface area contributed by atoms with Crippen LogP contribution in [-0.4, -0.2) is 22.9 Å². The number of aliphatic hydroxyl groups excluding tert-OH is 2. The number of fused-ring (bicyclic) bond motifs is 1. The molecule has 0 radical (unpaired) electrons. The standard InChI is InChI=1S/C12H13NO3/c13-5-3-10(14)12(15)9-1-2-11-8(7-9)4-6-16-11/h1-2,7,10,12,14-15H,3-4,6H2. The molecule has 16 heavy (non-hydrogen) atoms. The Hall–Kier alpha value is -1.57. The number of benzene rings is 1. The van der Waals surface area contributed by atoms with Crippen LogP contribution in [0.1, 0.15) is 23.7 Å². The van der Waals surface area contributed by atoms with E-state index in [4.69, 9.17) is 10.00 Å². The smallest absolute Gasteiger partial charge is 0.122 e. The molecule has 2 rings (SSSR count). The Labute approximate surface area is 93.7 Å². The van der Waals surface area contributed by atoms with E-state index in [2.05, 4.69) is 0 Å². The maximum atomic E-state index is 9.81. The highest BCUT2D eigenvalue weighted by Crippen LogP contribution is 2.29. The first-order valence-corrected chi connectivity index (χ1v) is 5.21. The largest absolute Gasteiger partial charge is 0.493 e. The van der Waals surface area contributed by atoms with Crippen LogP contribution in [-0.2, 0) is 6.42 Å². The maximum Gasteiger partial charge on any atom is 0.122 e. The van der Waals surface area contributed by atoms with Gasteiger partial charge >= 0.3 is 0 Å². The van der Waals surface area contributed by atoms with Crippen LogP contribution in [0.25, 0.3) is 0 Å². The molecule has 0 bridgehead atoms. The summed E-state index contributed by atoms with van der Waals surface area (Å²) < 4.78 is 5.34. The lowest BCUT2D eigenvalue weighted by Gasteiger charge is -2.16. The monoisotopic (exact) mass is 219 g/mol. The lowest BCUT2D eigenvalue weighted by atomic mass is 9.99. The fraction of sp³-hybridized carbons (Fsp3) is 0.417. The van der Waals surface area contributed by atoms with Crippen molar-refractivity contribution >= 4 is 0 Å². The van der Waals surface area contributed by atoms with Gasteiger partial charge in [-0.1, -0.05) is 6.07 Å². The Balaban J connectivity index is 2.18. The van der Waals surface area contributed by atoms with Crippen molar-refractivity contribution in [3.8, 4) is 11.8 Å². The Morgan fingerprint density at radius 3 is 3.00 bits per heavy atom. The van der Waals surface area contributed by atoms with Gasteiger partial charge in [-0.05, 0) is 23.3 Å². The van der Waals surface area contributed by atoms with Crippen molar-refractivity contribution in [2.45, 2.75) is 25.0 Å². The number of nitriles is 1. The van der Waals surface area contributed by atoms with E-state index in [1.165, 1.54) is 0 Å². The van der Waals surface area contributed by atoms with Gasteiger partial charge in [-0.15, -0.1) is 0 Å². The summed E-state index contributed by atoms with van der Waals surface area (Å²) >= 11 is 0. The minimum absolute atomic E-state index is 0.0747. The topological polar surface area (TPSA) is 73.5 Å². The first kappa shape index (κ1) is 10.9. The van der Waals surface area contributed by atoms with E-state index < -0.39 is 12.2 Å². The Kier molecular flexibility index (Phi) is 3.09. The second kappa shape index (κ2) is 4.52. The van der Waals surface area contributed by atoms with Crippen LogP contribution in [0, 0.1) is 11.3 Å². The molecule has 4 nitrogen and oxygen atoms in total. The molecule has 0 aliphatic carbocycles. The van der Waals surface area contributed by atoms with E-state index in [-0.39, 0.29) is 6.42 Å². The van der Waals surface area contributed by atoms with E-state index in [9.17, 15) is 10.2 Å². The van der Waals surface area contributed by atoms with Gasteiger partial charge in [0, 0.05) is 6.42 Å². The summed E-state index contributed by atoms with van der Waals surface area (Å²) in [6.45, 7) is 0.662. The van der Waals surface area contributed by atoms with Crippen molar-refractivity contribution in [2.24, 2.45) is 0 Å². The highest BCUT2D eigenvalue weighted by Gasteiger charge is 2.20. The van der Waals surface area contributed by atoms with Crippen LogP contribution in [0.2, 0.25) is 0 Å². The maximum absolute atomic E-state index is 9.81. The number of hydrogen-bond acceptors (Lipinski definition) is 4. The van der Waals surface area contributed by atoms with E-state index in [1.807, 2.05) is 12.1 Å². The quantitative estimate of drug-likeness (QED) is 0.793. The number of aliphatic hydroxyl groups is 2. The molecule has 1 aromatic carbocycles. The van der Waals surface area contributed by atoms with Gasteiger partial charge in [-0.3, -0.25) is 0 Å².